The van der Waals surface area contributed by atoms with Crippen LogP contribution in [0.4, 0.5) is 11.6 Å². The van der Waals surface area contributed by atoms with Crippen molar-refractivity contribution in [2.24, 2.45) is 5.92 Å². The molecule has 10 heteroatoms. The van der Waals surface area contributed by atoms with Gasteiger partial charge in [0.25, 0.3) is 0 Å². The van der Waals surface area contributed by atoms with Gasteiger partial charge in [0.05, 0.1) is 11.0 Å². The first kappa shape index (κ1) is 21.7. The van der Waals surface area contributed by atoms with Crippen LogP contribution in [0.25, 0.3) is 11.0 Å². The Hall–Kier alpha value is -3.11. The van der Waals surface area contributed by atoms with Gasteiger partial charge in [-0.3, -0.25) is 9.78 Å². The number of sulfonamides is 1. The molecule has 1 N–H and O–H groups in total. The third kappa shape index (κ3) is 4.40. The van der Waals surface area contributed by atoms with Crippen molar-refractivity contribution in [3.8, 4) is 0 Å². The molecule has 5 rings (SSSR count). The van der Waals surface area contributed by atoms with Crippen LogP contribution < -0.4 is 10.2 Å². The number of piperidine rings is 1. The number of anilines is 2. The summed E-state index contributed by atoms with van der Waals surface area (Å²) in [5.41, 5.74) is 1.53. The van der Waals surface area contributed by atoms with E-state index in [-0.39, 0.29) is 29.8 Å². The fraction of sp³-hybridized carbons (Fsp3) is 0.391. The average Bonchev–Trinajstić information content (AvgIpc) is 3.39. The SMILES string of the molecule is O=C(Nc1nc2ccccc2nc1N1CCCC1)C1CCN(S(=O)(=O)c2cccnc2)CC1. The maximum absolute atomic E-state index is 13.1. The fourth-order valence-electron chi connectivity index (χ4n) is 4.45. The van der Waals surface area contributed by atoms with Crippen LogP contribution in [0.15, 0.2) is 53.7 Å². The highest BCUT2D eigenvalue weighted by atomic mass is 32.2. The van der Waals surface area contributed by atoms with E-state index in [1.807, 2.05) is 24.3 Å². The molecule has 3 aromatic rings. The molecule has 2 aliphatic heterocycles. The number of nitrogens with one attached hydrogen (secondary N) is 1. The Morgan fingerprint density at radius 2 is 1.64 bits per heavy atom. The van der Waals surface area contributed by atoms with E-state index in [9.17, 15) is 13.2 Å². The number of carbonyl (C=O) groups is 1. The maximum atomic E-state index is 13.1. The molecule has 1 aromatic carbocycles. The highest BCUT2D eigenvalue weighted by Crippen LogP contribution is 2.30. The summed E-state index contributed by atoms with van der Waals surface area (Å²) in [6, 6.07) is 10.8. The lowest BCUT2D eigenvalue weighted by molar-refractivity contribution is -0.120. The fourth-order valence-corrected chi connectivity index (χ4v) is 5.88. The van der Waals surface area contributed by atoms with Gasteiger partial charge in [0.1, 0.15) is 4.90 Å². The van der Waals surface area contributed by atoms with Gasteiger partial charge in [0.15, 0.2) is 11.6 Å². The molecule has 2 fully saturated rings. The third-order valence-corrected chi connectivity index (χ3v) is 8.18. The molecule has 1 amide bonds. The van der Waals surface area contributed by atoms with Gasteiger partial charge < -0.3 is 10.2 Å². The van der Waals surface area contributed by atoms with Crippen molar-refractivity contribution in [3.05, 3.63) is 48.8 Å². The molecule has 0 spiro atoms. The van der Waals surface area contributed by atoms with Crippen LogP contribution in [0.3, 0.4) is 0 Å². The van der Waals surface area contributed by atoms with Crippen LogP contribution in [-0.2, 0) is 14.8 Å². The van der Waals surface area contributed by atoms with Gasteiger partial charge in [-0.25, -0.2) is 18.4 Å². The zero-order valence-corrected chi connectivity index (χ0v) is 19.0. The summed E-state index contributed by atoms with van der Waals surface area (Å²) in [6.45, 7) is 2.36. The van der Waals surface area contributed by atoms with Gasteiger partial charge in [0.2, 0.25) is 15.9 Å². The Kier molecular flexibility index (Phi) is 5.94. The normalized spacial score (nSPS) is 18.0. The number of fused-ring (bicyclic) bond motifs is 1. The monoisotopic (exact) mass is 466 g/mol. The third-order valence-electron chi connectivity index (χ3n) is 6.30. The minimum atomic E-state index is -3.60. The van der Waals surface area contributed by atoms with E-state index in [4.69, 9.17) is 9.97 Å². The zero-order valence-electron chi connectivity index (χ0n) is 18.2. The number of aromatic nitrogens is 3. The number of hydrogen-bond acceptors (Lipinski definition) is 7. The van der Waals surface area contributed by atoms with Crippen molar-refractivity contribution in [1.82, 2.24) is 19.3 Å². The number of hydrogen-bond donors (Lipinski definition) is 1. The predicted octanol–water partition coefficient (Wildman–Crippen LogP) is 2.66. The summed E-state index contributed by atoms with van der Waals surface area (Å²) < 4.78 is 27.1. The number of rotatable bonds is 5. The lowest BCUT2D eigenvalue weighted by atomic mass is 9.97. The molecular weight excluding hydrogens is 440 g/mol. The quantitative estimate of drug-likeness (QED) is 0.616. The Morgan fingerprint density at radius 1 is 0.939 bits per heavy atom. The molecule has 9 nitrogen and oxygen atoms in total. The Bertz CT molecular complexity index is 1250. The number of benzene rings is 1. The van der Waals surface area contributed by atoms with E-state index in [1.165, 1.54) is 10.5 Å². The van der Waals surface area contributed by atoms with Crippen LogP contribution in [0.2, 0.25) is 0 Å². The van der Waals surface area contributed by atoms with Gasteiger partial charge in [-0.1, -0.05) is 12.1 Å². The van der Waals surface area contributed by atoms with E-state index in [1.54, 1.807) is 18.3 Å². The van der Waals surface area contributed by atoms with E-state index in [0.29, 0.717) is 24.5 Å². The van der Waals surface area contributed by atoms with Gasteiger partial charge >= 0.3 is 0 Å². The highest BCUT2D eigenvalue weighted by Gasteiger charge is 2.33. The Balaban J connectivity index is 1.31. The number of carbonyl (C=O) groups excluding carboxylic acids is 1. The van der Waals surface area contributed by atoms with Crippen molar-refractivity contribution < 1.29 is 13.2 Å². The summed E-state index contributed by atoms with van der Waals surface area (Å²) in [5.74, 6) is 0.755. The lowest BCUT2D eigenvalue weighted by Gasteiger charge is -2.30. The first-order valence-electron chi connectivity index (χ1n) is 11.3. The van der Waals surface area contributed by atoms with Gasteiger partial charge in [-0.15, -0.1) is 0 Å². The molecule has 0 bridgehead atoms. The average molecular weight is 467 g/mol. The minimum absolute atomic E-state index is 0.140. The lowest BCUT2D eigenvalue weighted by Crippen LogP contribution is -2.41. The molecule has 2 saturated heterocycles. The van der Waals surface area contributed by atoms with E-state index >= 15 is 0 Å². The smallest absolute Gasteiger partial charge is 0.244 e. The maximum Gasteiger partial charge on any atom is 0.244 e. The molecule has 0 atom stereocenters. The molecular formula is C23H26N6O3S. The Morgan fingerprint density at radius 3 is 2.30 bits per heavy atom. The van der Waals surface area contributed by atoms with Crippen LogP contribution in [0.5, 0.6) is 0 Å². The first-order valence-corrected chi connectivity index (χ1v) is 12.7. The molecule has 2 aromatic heterocycles. The van der Waals surface area contributed by atoms with Crippen LogP contribution in [-0.4, -0.2) is 59.8 Å². The van der Waals surface area contributed by atoms with Crippen molar-refractivity contribution >= 4 is 38.6 Å². The van der Waals surface area contributed by atoms with Crippen molar-refractivity contribution in [3.63, 3.8) is 0 Å². The minimum Gasteiger partial charge on any atom is -0.354 e. The molecule has 4 heterocycles. The largest absolute Gasteiger partial charge is 0.354 e. The van der Waals surface area contributed by atoms with Gasteiger partial charge in [-0.05, 0) is 49.9 Å². The number of amides is 1. The molecule has 0 radical (unpaired) electrons. The van der Waals surface area contributed by atoms with Gasteiger partial charge in [-0.2, -0.15) is 4.31 Å². The van der Waals surface area contributed by atoms with Crippen molar-refractivity contribution in [1.29, 1.82) is 0 Å². The zero-order chi connectivity index (χ0) is 22.8. The number of nitrogens with zero attached hydrogens (tertiary/aromatic N) is 5. The molecule has 2 aliphatic rings. The molecule has 0 aliphatic carbocycles. The number of para-hydroxylation sites is 2. The molecule has 0 unspecified atom stereocenters. The second kappa shape index (κ2) is 9.03. The van der Waals surface area contributed by atoms with E-state index in [2.05, 4.69) is 15.2 Å². The standard InChI is InChI=1S/C23H26N6O3S/c30-23(17-9-14-29(15-10-17)33(31,32)18-6-5-11-24-16-18)27-21-22(28-12-3-4-13-28)26-20-8-2-1-7-19(20)25-21/h1-2,5-8,11,16-17H,3-4,9-10,12-15H2,(H,25,27,30). The Labute approximate surface area is 192 Å². The highest BCUT2D eigenvalue weighted by molar-refractivity contribution is 7.89. The van der Waals surface area contributed by atoms with Crippen molar-refractivity contribution in [2.45, 2.75) is 30.6 Å². The van der Waals surface area contributed by atoms with Crippen LogP contribution in [0, 0.1) is 5.92 Å². The summed E-state index contributed by atoms with van der Waals surface area (Å²) in [5, 5.41) is 3.00. The van der Waals surface area contributed by atoms with Crippen LogP contribution in [0.1, 0.15) is 25.7 Å². The van der Waals surface area contributed by atoms with Gasteiger partial charge in [0, 0.05) is 44.5 Å². The van der Waals surface area contributed by atoms with Crippen molar-refractivity contribution in [2.75, 3.05) is 36.4 Å². The van der Waals surface area contributed by atoms with E-state index in [0.717, 1.165) is 37.0 Å². The summed E-state index contributed by atoms with van der Waals surface area (Å²) in [4.78, 5) is 28.9. The predicted molar refractivity (Wildman–Crippen MR) is 125 cm³/mol. The molecule has 0 saturated carbocycles. The second-order valence-corrected chi connectivity index (χ2v) is 10.4. The topological polar surface area (TPSA) is 108 Å². The summed E-state index contributed by atoms with van der Waals surface area (Å²) in [6.07, 6.45) is 5.97. The summed E-state index contributed by atoms with van der Waals surface area (Å²) in [7, 11) is -3.60. The second-order valence-electron chi connectivity index (χ2n) is 8.44. The van der Waals surface area contributed by atoms with E-state index < -0.39 is 10.0 Å². The molecule has 33 heavy (non-hydrogen) atoms. The first-order chi connectivity index (χ1) is 16.0. The number of pyridine rings is 1. The van der Waals surface area contributed by atoms with Crippen LogP contribution >= 0.6 is 0 Å². The summed E-state index contributed by atoms with van der Waals surface area (Å²) >= 11 is 0. The molecule has 172 valence electrons.